The van der Waals surface area contributed by atoms with Gasteiger partial charge in [-0.05, 0) is 42.5 Å². The molecular formula is C17H9FN2O4. The smallest absolute Gasteiger partial charge is 0.358 e. The molecule has 0 aliphatic rings. The third kappa shape index (κ3) is 2.68. The van der Waals surface area contributed by atoms with Gasteiger partial charge in [0.25, 0.3) is 0 Å². The first-order valence-corrected chi connectivity index (χ1v) is 6.73. The molecule has 0 atom stereocenters. The standard InChI is InChI=1S/C17H9FN2O4/c18-9-1-3-10(4-2-9)24-11-5-6-12-13(7-11)16(21)15(17(22)23)20-14(12)8-19/h1-7,21H,(H,22,23). The monoisotopic (exact) mass is 324 g/mol. The van der Waals surface area contributed by atoms with E-state index in [0.717, 1.165) is 0 Å². The molecule has 0 saturated heterocycles. The van der Waals surface area contributed by atoms with Crippen molar-refractivity contribution < 1.29 is 24.1 Å². The molecule has 118 valence electrons. The van der Waals surface area contributed by atoms with E-state index in [2.05, 4.69) is 4.98 Å². The minimum absolute atomic E-state index is 0.117. The lowest BCUT2D eigenvalue weighted by Gasteiger charge is -2.09. The van der Waals surface area contributed by atoms with Crippen LogP contribution in [0.25, 0.3) is 10.8 Å². The highest BCUT2D eigenvalue weighted by molar-refractivity contribution is 6.00. The van der Waals surface area contributed by atoms with Crippen LogP contribution < -0.4 is 4.74 Å². The molecule has 7 heteroatoms. The van der Waals surface area contributed by atoms with Gasteiger partial charge in [0, 0.05) is 10.8 Å². The van der Waals surface area contributed by atoms with Gasteiger partial charge in [-0.15, -0.1) is 0 Å². The summed E-state index contributed by atoms with van der Waals surface area (Å²) in [6.07, 6.45) is 0. The van der Waals surface area contributed by atoms with Crippen LogP contribution in [0.15, 0.2) is 42.5 Å². The molecule has 0 aliphatic heterocycles. The maximum atomic E-state index is 12.9. The minimum Gasteiger partial charge on any atom is -0.505 e. The van der Waals surface area contributed by atoms with E-state index in [1.165, 1.54) is 42.5 Å². The predicted octanol–water partition coefficient (Wildman–Crippen LogP) is 3.44. The lowest BCUT2D eigenvalue weighted by atomic mass is 10.1. The number of carboxylic acid groups (broad SMARTS) is 1. The first-order chi connectivity index (χ1) is 11.5. The number of aromatic hydroxyl groups is 1. The van der Waals surface area contributed by atoms with Crippen LogP contribution in [0.4, 0.5) is 4.39 Å². The quantitative estimate of drug-likeness (QED) is 0.765. The topological polar surface area (TPSA) is 103 Å². The van der Waals surface area contributed by atoms with E-state index in [-0.39, 0.29) is 16.8 Å². The van der Waals surface area contributed by atoms with Gasteiger partial charge in [-0.2, -0.15) is 5.26 Å². The van der Waals surface area contributed by atoms with Crippen LogP contribution in [-0.2, 0) is 0 Å². The summed E-state index contributed by atoms with van der Waals surface area (Å²) in [7, 11) is 0. The largest absolute Gasteiger partial charge is 0.505 e. The van der Waals surface area contributed by atoms with Crippen molar-refractivity contribution in [3.05, 3.63) is 59.7 Å². The van der Waals surface area contributed by atoms with Crippen molar-refractivity contribution in [2.24, 2.45) is 0 Å². The van der Waals surface area contributed by atoms with Crippen molar-refractivity contribution in [1.29, 1.82) is 5.26 Å². The highest BCUT2D eigenvalue weighted by atomic mass is 19.1. The van der Waals surface area contributed by atoms with Crippen LogP contribution in [-0.4, -0.2) is 21.2 Å². The molecule has 0 saturated carbocycles. The average Bonchev–Trinajstić information content (AvgIpc) is 2.57. The molecule has 3 rings (SSSR count). The van der Waals surface area contributed by atoms with Crippen LogP contribution in [0.5, 0.6) is 17.2 Å². The number of ether oxygens (including phenoxy) is 1. The van der Waals surface area contributed by atoms with Gasteiger partial charge in [0.05, 0.1) is 0 Å². The highest BCUT2D eigenvalue weighted by Gasteiger charge is 2.19. The Labute approximate surface area is 135 Å². The second-order valence-electron chi connectivity index (χ2n) is 4.84. The van der Waals surface area contributed by atoms with E-state index in [4.69, 9.17) is 15.1 Å². The van der Waals surface area contributed by atoms with Crippen LogP contribution in [0.2, 0.25) is 0 Å². The fraction of sp³-hybridized carbons (Fsp3) is 0. The van der Waals surface area contributed by atoms with Crippen molar-refractivity contribution in [1.82, 2.24) is 4.98 Å². The Morgan fingerprint density at radius 1 is 1.12 bits per heavy atom. The van der Waals surface area contributed by atoms with E-state index in [1.807, 2.05) is 0 Å². The number of carboxylic acids is 1. The molecule has 0 fully saturated rings. The number of hydrogen-bond acceptors (Lipinski definition) is 5. The molecule has 0 aliphatic carbocycles. The fourth-order valence-corrected chi connectivity index (χ4v) is 2.21. The van der Waals surface area contributed by atoms with Gasteiger partial charge < -0.3 is 14.9 Å². The third-order valence-electron chi connectivity index (χ3n) is 3.31. The fourth-order valence-electron chi connectivity index (χ4n) is 2.21. The zero-order valence-electron chi connectivity index (χ0n) is 12.0. The van der Waals surface area contributed by atoms with E-state index < -0.39 is 23.2 Å². The number of fused-ring (bicyclic) bond motifs is 1. The normalized spacial score (nSPS) is 10.3. The molecule has 3 aromatic rings. The molecule has 0 unspecified atom stereocenters. The number of rotatable bonds is 3. The van der Waals surface area contributed by atoms with E-state index in [9.17, 15) is 14.3 Å². The number of nitriles is 1. The van der Waals surface area contributed by atoms with Gasteiger partial charge in [0.2, 0.25) is 0 Å². The van der Waals surface area contributed by atoms with Crippen molar-refractivity contribution in [2.75, 3.05) is 0 Å². The Bertz CT molecular complexity index is 994. The number of benzene rings is 2. The van der Waals surface area contributed by atoms with Gasteiger partial charge in [0.15, 0.2) is 11.4 Å². The number of halogens is 1. The van der Waals surface area contributed by atoms with Crippen molar-refractivity contribution in [3.8, 4) is 23.3 Å². The van der Waals surface area contributed by atoms with E-state index >= 15 is 0 Å². The molecular weight excluding hydrogens is 315 g/mol. The summed E-state index contributed by atoms with van der Waals surface area (Å²) < 4.78 is 18.5. The first kappa shape index (κ1) is 15.2. The summed E-state index contributed by atoms with van der Waals surface area (Å²) in [5, 5.41) is 28.7. The molecule has 1 heterocycles. The molecule has 1 aromatic heterocycles. The van der Waals surface area contributed by atoms with E-state index in [1.54, 1.807) is 6.07 Å². The molecule has 0 bridgehead atoms. The number of nitrogens with zero attached hydrogens (tertiary/aromatic N) is 2. The number of aromatic nitrogens is 1. The summed E-state index contributed by atoms with van der Waals surface area (Å²) in [5.41, 5.74) is -0.730. The average molecular weight is 324 g/mol. The Balaban J connectivity index is 2.12. The van der Waals surface area contributed by atoms with Gasteiger partial charge in [0.1, 0.15) is 29.1 Å². The third-order valence-corrected chi connectivity index (χ3v) is 3.31. The number of carbonyl (C=O) groups is 1. The SMILES string of the molecule is N#Cc1nc(C(=O)O)c(O)c2cc(Oc3ccc(F)cc3)ccc12. The molecule has 6 nitrogen and oxygen atoms in total. The van der Waals surface area contributed by atoms with Crippen molar-refractivity contribution in [3.63, 3.8) is 0 Å². The molecule has 0 radical (unpaired) electrons. The van der Waals surface area contributed by atoms with Crippen LogP contribution in [0.3, 0.4) is 0 Å². The van der Waals surface area contributed by atoms with Gasteiger partial charge >= 0.3 is 5.97 Å². The second-order valence-corrected chi connectivity index (χ2v) is 4.84. The van der Waals surface area contributed by atoms with Crippen molar-refractivity contribution in [2.45, 2.75) is 0 Å². The predicted molar refractivity (Wildman–Crippen MR) is 81.6 cm³/mol. The van der Waals surface area contributed by atoms with Gasteiger partial charge in [-0.3, -0.25) is 0 Å². The minimum atomic E-state index is -1.45. The first-order valence-electron chi connectivity index (χ1n) is 6.73. The Kier molecular flexibility index (Phi) is 3.72. The molecule has 2 aromatic carbocycles. The van der Waals surface area contributed by atoms with Gasteiger partial charge in [-0.1, -0.05) is 0 Å². The molecule has 0 amide bonds. The summed E-state index contributed by atoms with van der Waals surface area (Å²) >= 11 is 0. The highest BCUT2D eigenvalue weighted by Crippen LogP contribution is 2.33. The van der Waals surface area contributed by atoms with Crippen LogP contribution in [0, 0.1) is 17.1 Å². The van der Waals surface area contributed by atoms with Crippen LogP contribution >= 0.6 is 0 Å². The van der Waals surface area contributed by atoms with E-state index in [0.29, 0.717) is 11.1 Å². The zero-order valence-corrected chi connectivity index (χ0v) is 12.0. The summed E-state index contributed by atoms with van der Waals surface area (Å²) in [4.78, 5) is 14.8. The molecule has 24 heavy (non-hydrogen) atoms. The summed E-state index contributed by atoms with van der Waals surface area (Å²) in [5.74, 6) is -1.76. The summed E-state index contributed by atoms with van der Waals surface area (Å²) in [6.45, 7) is 0. The second kappa shape index (κ2) is 5.85. The van der Waals surface area contributed by atoms with Gasteiger partial charge in [-0.25, -0.2) is 14.2 Å². The lowest BCUT2D eigenvalue weighted by molar-refractivity contribution is 0.0687. The van der Waals surface area contributed by atoms with Crippen molar-refractivity contribution >= 4 is 16.7 Å². The molecule has 2 N–H and O–H groups in total. The Morgan fingerprint density at radius 2 is 1.79 bits per heavy atom. The molecule has 0 spiro atoms. The number of aromatic carboxylic acids is 1. The zero-order chi connectivity index (χ0) is 17.3. The Hall–Kier alpha value is -3.66. The number of pyridine rings is 1. The number of hydrogen-bond donors (Lipinski definition) is 2. The summed E-state index contributed by atoms with van der Waals surface area (Å²) in [6, 6.07) is 11.5. The van der Waals surface area contributed by atoms with Crippen LogP contribution in [0.1, 0.15) is 16.2 Å². The maximum absolute atomic E-state index is 12.9. The lowest BCUT2D eigenvalue weighted by Crippen LogP contribution is -2.03. The Morgan fingerprint density at radius 3 is 2.42 bits per heavy atom. The maximum Gasteiger partial charge on any atom is 0.358 e.